The van der Waals surface area contributed by atoms with E-state index in [4.69, 9.17) is 32.7 Å². The van der Waals surface area contributed by atoms with Crippen LogP contribution in [0.2, 0.25) is 10.6 Å². The molecule has 146 valence electrons. The minimum absolute atomic E-state index is 0.0147. The van der Waals surface area contributed by atoms with E-state index in [9.17, 15) is 0 Å². The van der Waals surface area contributed by atoms with Gasteiger partial charge in [-0.2, -0.15) is 15.0 Å². The molecule has 0 amide bonds. The first kappa shape index (κ1) is 20.4. The van der Waals surface area contributed by atoms with Crippen molar-refractivity contribution in [1.29, 1.82) is 0 Å². The standard InChI is InChI=1S/C21H21Cl2N3O2/c1-4-13-27-16-9-5-14(6-10-16)21(2,3)15-7-11-17(12-8-15)28-20-25-18(22)24-19(23)26-20/h5-12H,4,13H2,1-3H3. The first-order valence-corrected chi connectivity index (χ1v) is 9.73. The lowest BCUT2D eigenvalue weighted by molar-refractivity contribution is 0.317. The van der Waals surface area contributed by atoms with E-state index in [2.05, 4.69) is 47.9 Å². The molecule has 3 rings (SSSR count). The lowest BCUT2D eigenvalue weighted by atomic mass is 9.78. The van der Waals surface area contributed by atoms with E-state index in [-0.39, 0.29) is 22.0 Å². The molecule has 28 heavy (non-hydrogen) atoms. The first-order chi connectivity index (χ1) is 13.4. The van der Waals surface area contributed by atoms with Crippen LogP contribution in [0.1, 0.15) is 38.3 Å². The van der Waals surface area contributed by atoms with Crippen molar-refractivity contribution >= 4 is 23.2 Å². The second-order valence-corrected chi connectivity index (χ2v) is 7.46. The Kier molecular flexibility index (Phi) is 6.37. The van der Waals surface area contributed by atoms with E-state index < -0.39 is 0 Å². The monoisotopic (exact) mass is 417 g/mol. The van der Waals surface area contributed by atoms with Crippen molar-refractivity contribution in [2.75, 3.05) is 6.61 Å². The number of aromatic nitrogens is 3. The highest BCUT2D eigenvalue weighted by Gasteiger charge is 2.23. The molecule has 0 atom stereocenters. The van der Waals surface area contributed by atoms with Crippen LogP contribution < -0.4 is 9.47 Å². The number of nitrogens with zero attached hydrogens (tertiary/aromatic N) is 3. The highest BCUT2D eigenvalue weighted by atomic mass is 35.5. The van der Waals surface area contributed by atoms with Crippen LogP contribution >= 0.6 is 23.2 Å². The number of hydrogen-bond acceptors (Lipinski definition) is 5. The smallest absolute Gasteiger partial charge is 0.327 e. The van der Waals surface area contributed by atoms with Crippen LogP contribution in [0.15, 0.2) is 48.5 Å². The number of ether oxygens (including phenoxy) is 2. The van der Waals surface area contributed by atoms with Crippen LogP contribution in [0.4, 0.5) is 0 Å². The lowest BCUT2D eigenvalue weighted by Crippen LogP contribution is -2.18. The quantitative estimate of drug-likeness (QED) is 0.465. The van der Waals surface area contributed by atoms with E-state index in [1.54, 1.807) is 0 Å². The van der Waals surface area contributed by atoms with Crippen LogP contribution in [0.3, 0.4) is 0 Å². The van der Waals surface area contributed by atoms with Crippen molar-refractivity contribution < 1.29 is 9.47 Å². The zero-order chi connectivity index (χ0) is 20.1. The van der Waals surface area contributed by atoms with Crippen molar-refractivity contribution in [2.24, 2.45) is 0 Å². The van der Waals surface area contributed by atoms with Gasteiger partial charge in [0.1, 0.15) is 11.5 Å². The van der Waals surface area contributed by atoms with Gasteiger partial charge in [0, 0.05) is 5.41 Å². The molecule has 0 unspecified atom stereocenters. The minimum Gasteiger partial charge on any atom is -0.494 e. The highest BCUT2D eigenvalue weighted by molar-refractivity contribution is 6.31. The summed E-state index contributed by atoms with van der Waals surface area (Å²) in [7, 11) is 0. The van der Waals surface area contributed by atoms with Crippen LogP contribution in [0, 0.1) is 0 Å². The minimum atomic E-state index is -0.179. The molecule has 0 bridgehead atoms. The molecule has 0 saturated carbocycles. The van der Waals surface area contributed by atoms with Crippen molar-refractivity contribution in [1.82, 2.24) is 15.0 Å². The highest BCUT2D eigenvalue weighted by Crippen LogP contribution is 2.33. The Labute approximate surface area is 174 Å². The van der Waals surface area contributed by atoms with Gasteiger partial charge >= 0.3 is 6.01 Å². The Bertz CT molecular complexity index is 909. The predicted octanol–water partition coefficient (Wildman–Crippen LogP) is 6.09. The van der Waals surface area contributed by atoms with Crippen molar-refractivity contribution in [3.05, 3.63) is 70.2 Å². The Hall–Kier alpha value is -2.37. The fourth-order valence-electron chi connectivity index (χ4n) is 2.75. The van der Waals surface area contributed by atoms with Gasteiger partial charge in [-0.1, -0.05) is 45.0 Å². The van der Waals surface area contributed by atoms with Gasteiger partial charge in [0.2, 0.25) is 10.6 Å². The summed E-state index contributed by atoms with van der Waals surface area (Å²) in [5.74, 6) is 1.47. The van der Waals surface area contributed by atoms with Crippen LogP contribution in [-0.2, 0) is 5.41 Å². The second-order valence-electron chi connectivity index (χ2n) is 6.78. The van der Waals surface area contributed by atoms with E-state index in [1.165, 1.54) is 5.56 Å². The molecular weight excluding hydrogens is 397 g/mol. The third kappa shape index (κ3) is 4.91. The number of benzene rings is 2. The van der Waals surface area contributed by atoms with Gasteiger partial charge < -0.3 is 9.47 Å². The lowest BCUT2D eigenvalue weighted by Gasteiger charge is -2.26. The van der Waals surface area contributed by atoms with Crippen LogP contribution in [0.5, 0.6) is 17.5 Å². The van der Waals surface area contributed by atoms with Crippen molar-refractivity contribution in [2.45, 2.75) is 32.6 Å². The Morgan fingerprint density at radius 2 is 1.29 bits per heavy atom. The molecule has 0 N–H and O–H groups in total. The summed E-state index contributed by atoms with van der Waals surface area (Å²) in [5.41, 5.74) is 2.16. The predicted molar refractivity (Wildman–Crippen MR) is 111 cm³/mol. The molecular formula is C21H21Cl2N3O2. The summed E-state index contributed by atoms with van der Waals surface area (Å²) < 4.78 is 11.3. The Morgan fingerprint density at radius 1 is 0.786 bits per heavy atom. The SMILES string of the molecule is CCCOc1ccc(C(C)(C)c2ccc(Oc3nc(Cl)nc(Cl)n3)cc2)cc1. The van der Waals surface area contributed by atoms with Gasteiger partial charge in [0.05, 0.1) is 6.61 Å². The molecule has 0 aliphatic rings. The van der Waals surface area contributed by atoms with E-state index in [0.29, 0.717) is 5.75 Å². The molecule has 0 aliphatic carbocycles. The summed E-state index contributed by atoms with van der Waals surface area (Å²) in [6, 6.07) is 16.0. The van der Waals surface area contributed by atoms with E-state index in [1.807, 2.05) is 36.4 Å². The third-order valence-corrected chi connectivity index (χ3v) is 4.73. The van der Waals surface area contributed by atoms with Crippen molar-refractivity contribution in [3.63, 3.8) is 0 Å². The van der Waals surface area contributed by atoms with Gasteiger partial charge in [-0.25, -0.2) is 0 Å². The molecule has 2 aromatic carbocycles. The zero-order valence-corrected chi connectivity index (χ0v) is 17.5. The normalized spacial score (nSPS) is 11.3. The van der Waals surface area contributed by atoms with Gasteiger partial charge in [0.15, 0.2) is 0 Å². The van der Waals surface area contributed by atoms with Gasteiger partial charge in [-0.05, 0) is 65.0 Å². The van der Waals surface area contributed by atoms with Gasteiger partial charge in [-0.15, -0.1) is 0 Å². The summed E-state index contributed by atoms with van der Waals surface area (Å²) >= 11 is 11.5. The molecule has 3 aromatic rings. The topological polar surface area (TPSA) is 57.1 Å². The maximum atomic E-state index is 5.77. The van der Waals surface area contributed by atoms with Gasteiger partial charge in [0.25, 0.3) is 0 Å². The largest absolute Gasteiger partial charge is 0.494 e. The van der Waals surface area contributed by atoms with Gasteiger partial charge in [-0.3, -0.25) is 0 Å². The molecule has 0 saturated heterocycles. The summed E-state index contributed by atoms with van der Waals surface area (Å²) in [4.78, 5) is 11.5. The fraction of sp³-hybridized carbons (Fsp3) is 0.286. The summed E-state index contributed by atoms with van der Waals surface area (Å²) in [6.45, 7) is 7.17. The average molecular weight is 418 g/mol. The van der Waals surface area contributed by atoms with Crippen LogP contribution in [0.25, 0.3) is 0 Å². The molecule has 0 fully saturated rings. The molecule has 1 heterocycles. The number of rotatable bonds is 7. The fourth-order valence-corrected chi connectivity index (χ4v) is 3.10. The number of halogens is 2. The van der Waals surface area contributed by atoms with Crippen molar-refractivity contribution in [3.8, 4) is 17.5 Å². The molecule has 7 heteroatoms. The summed E-state index contributed by atoms with van der Waals surface area (Å²) in [5, 5.41) is -0.0294. The first-order valence-electron chi connectivity index (χ1n) is 8.97. The summed E-state index contributed by atoms with van der Waals surface area (Å²) in [6.07, 6.45) is 0.991. The molecule has 5 nitrogen and oxygen atoms in total. The maximum absolute atomic E-state index is 5.77. The van der Waals surface area contributed by atoms with E-state index >= 15 is 0 Å². The van der Waals surface area contributed by atoms with Crippen LogP contribution in [-0.4, -0.2) is 21.6 Å². The Morgan fingerprint density at radius 3 is 1.79 bits per heavy atom. The number of hydrogen-bond donors (Lipinski definition) is 0. The molecule has 0 aliphatic heterocycles. The maximum Gasteiger partial charge on any atom is 0.327 e. The zero-order valence-electron chi connectivity index (χ0n) is 15.9. The third-order valence-electron chi connectivity index (χ3n) is 4.39. The molecule has 0 spiro atoms. The molecule has 1 aromatic heterocycles. The Balaban J connectivity index is 1.75. The average Bonchev–Trinajstić information content (AvgIpc) is 2.66. The molecule has 0 radical (unpaired) electrons. The van der Waals surface area contributed by atoms with E-state index in [0.717, 1.165) is 24.3 Å². The second kappa shape index (κ2) is 8.76.